The van der Waals surface area contributed by atoms with Gasteiger partial charge in [0.15, 0.2) is 0 Å². The number of nitrogens with zero attached hydrogens (tertiary/aromatic N) is 2. The lowest BCUT2D eigenvalue weighted by atomic mass is 10.4. The lowest BCUT2D eigenvalue weighted by Crippen LogP contribution is -2.33. The minimum atomic E-state index is 0. The van der Waals surface area contributed by atoms with Crippen molar-refractivity contribution in [2.24, 2.45) is 0 Å². The molecule has 0 unspecified atom stereocenters. The topological polar surface area (TPSA) is 106 Å². The van der Waals surface area contributed by atoms with Crippen LogP contribution < -0.4 is 0 Å². The van der Waals surface area contributed by atoms with Crippen molar-refractivity contribution in [3.63, 3.8) is 0 Å². The first-order valence-corrected chi connectivity index (χ1v) is 8.32. The average Bonchev–Trinajstić information content (AvgIpc) is 2.54. The quantitative estimate of drug-likeness (QED) is 0.228. The summed E-state index contributed by atoms with van der Waals surface area (Å²) in [7, 11) is 0. The van der Waals surface area contributed by atoms with Gasteiger partial charge in [-0.3, -0.25) is 9.80 Å². The van der Waals surface area contributed by atoms with Crippen molar-refractivity contribution >= 4 is 0 Å². The van der Waals surface area contributed by atoms with Crippen LogP contribution in [0.4, 0.5) is 0 Å². The van der Waals surface area contributed by atoms with Crippen LogP contribution in [-0.2, 0) is 9.47 Å². The predicted octanol–water partition coefficient (Wildman–Crippen LogP) is 3.07. The Labute approximate surface area is 198 Å². The summed E-state index contributed by atoms with van der Waals surface area (Å²) < 4.78 is 11.0. The van der Waals surface area contributed by atoms with Crippen molar-refractivity contribution in [2.75, 3.05) is 92.1 Å². The Morgan fingerprint density at radius 3 is 0.871 bits per heavy atom. The van der Waals surface area contributed by atoms with Crippen LogP contribution in [0.2, 0.25) is 0 Å². The van der Waals surface area contributed by atoms with Crippen LogP contribution in [-0.4, -0.2) is 122 Å². The first-order valence-electron chi connectivity index (χ1n) is 8.32. The van der Waals surface area contributed by atoms with Crippen LogP contribution in [0.3, 0.4) is 0 Å². The minimum Gasteiger partial charge on any atom is -0.395 e. The van der Waals surface area contributed by atoms with Gasteiger partial charge in [-0.1, -0.05) is 59.4 Å². The number of hydrogen-bond donors (Lipinski definition) is 4. The summed E-state index contributed by atoms with van der Waals surface area (Å²) in [6.45, 7) is 6.27. The predicted molar refractivity (Wildman–Crippen MR) is 141 cm³/mol. The van der Waals surface area contributed by atoms with Gasteiger partial charge in [0.05, 0.1) is 39.6 Å². The van der Waals surface area contributed by atoms with Crippen molar-refractivity contribution in [3.8, 4) is 0 Å². The maximum absolute atomic E-state index is 8.88. The summed E-state index contributed by atoms with van der Waals surface area (Å²) in [6.07, 6.45) is 0.806. The Morgan fingerprint density at radius 1 is 0.387 bits per heavy atom. The molecule has 0 aliphatic rings. The molecule has 0 heterocycles. The second-order valence-electron chi connectivity index (χ2n) is 5.16. The standard InChI is InChI=1S/C15H34N2O6.8CH4/c18-8-2-16(3-9-19)6-14-22-12-1-13-23-15-7-17(4-10-20)5-11-21;;;;;;;;/h18-21H,1-15H2;8*1H4. The third-order valence-corrected chi connectivity index (χ3v) is 3.35. The molecule has 8 heteroatoms. The van der Waals surface area contributed by atoms with Crippen LogP contribution in [0.25, 0.3) is 0 Å². The summed E-state index contributed by atoms with van der Waals surface area (Å²) in [5, 5.41) is 35.5. The third-order valence-electron chi connectivity index (χ3n) is 3.35. The van der Waals surface area contributed by atoms with Crippen LogP contribution >= 0.6 is 0 Å². The van der Waals surface area contributed by atoms with E-state index in [2.05, 4.69) is 0 Å². The summed E-state index contributed by atoms with van der Waals surface area (Å²) in [5.41, 5.74) is 0. The zero-order chi connectivity index (χ0) is 17.2. The lowest BCUT2D eigenvalue weighted by molar-refractivity contribution is 0.0540. The van der Waals surface area contributed by atoms with E-state index in [0.717, 1.165) is 6.42 Å². The maximum Gasteiger partial charge on any atom is 0.0593 e. The van der Waals surface area contributed by atoms with Gasteiger partial charge < -0.3 is 29.9 Å². The Morgan fingerprint density at radius 2 is 0.645 bits per heavy atom. The van der Waals surface area contributed by atoms with Crippen LogP contribution in [0.15, 0.2) is 0 Å². The Bertz CT molecular complexity index is 206. The molecule has 0 spiro atoms. The summed E-state index contributed by atoms with van der Waals surface area (Å²) in [4.78, 5) is 3.90. The fraction of sp³-hybridized carbons (Fsp3) is 1.00. The molecule has 0 aliphatic heterocycles. The minimum absolute atomic E-state index is 0. The van der Waals surface area contributed by atoms with Crippen LogP contribution in [0, 0.1) is 0 Å². The molecule has 31 heavy (non-hydrogen) atoms. The first kappa shape index (κ1) is 57.5. The summed E-state index contributed by atoms with van der Waals surface area (Å²) in [6, 6.07) is 0. The normalized spacial score (nSPS) is 8.71. The SMILES string of the molecule is C.C.C.C.C.C.C.C.OCCN(CCO)CCOCCCOCCN(CCO)CCO. The molecule has 0 radical (unpaired) electrons. The monoisotopic (exact) mass is 466 g/mol. The number of aliphatic hydroxyl groups is 4. The molecule has 204 valence electrons. The number of aliphatic hydroxyl groups excluding tert-OH is 4. The van der Waals surface area contributed by atoms with Gasteiger partial charge in [0, 0.05) is 52.5 Å². The summed E-state index contributed by atoms with van der Waals surface area (Å²) >= 11 is 0. The van der Waals surface area contributed by atoms with Gasteiger partial charge >= 0.3 is 0 Å². The van der Waals surface area contributed by atoms with Gasteiger partial charge in [-0.25, -0.2) is 0 Å². The molecule has 0 aromatic rings. The molecule has 0 saturated carbocycles. The number of ether oxygens (including phenoxy) is 2. The highest BCUT2D eigenvalue weighted by Crippen LogP contribution is 1.92. The van der Waals surface area contributed by atoms with E-state index in [1.165, 1.54) is 0 Å². The maximum atomic E-state index is 8.88. The molecule has 0 aromatic heterocycles. The number of rotatable bonds is 18. The molecule has 0 atom stereocenters. The van der Waals surface area contributed by atoms with E-state index in [0.29, 0.717) is 65.7 Å². The second kappa shape index (κ2) is 47.5. The van der Waals surface area contributed by atoms with E-state index in [9.17, 15) is 0 Å². The van der Waals surface area contributed by atoms with Gasteiger partial charge in [0.2, 0.25) is 0 Å². The van der Waals surface area contributed by atoms with Crippen molar-refractivity contribution in [1.82, 2.24) is 9.80 Å². The molecule has 0 rings (SSSR count). The molecule has 0 aliphatic carbocycles. The molecular formula is C23H66N2O6. The van der Waals surface area contributed by atoms with Gasteiger partial charge in [0.25, 0.3) is 0 Å². The first-order chi connectivity index (χ1) is 11.3. The van der Waals surface area contributed by atoms with E-state index < -0.39 is 0 Å². The van der Waals surface area contributed by atoms with Gasteiger partial charge in [-0.2, -0.15) is 0 Å². The molecular weight excluding hydrogens is 400 g/mol. The smallest absolute Gasteiger partial charge is 0.0593 e. The molecule has 0 amide bonds. The fourth-order valence-corrected chi connectivity index (χ4v) is 2.09. The number of hydrogen-bond acceptors (Lipinski definition) is 8. The third kappa shape index (κ3) is 40.6. The van der Waals surface area contributed by atoms with Gasteiger partial charge in [0.1, 0.15) is 0 Å². The van der Waals surface area contributed by atoms with E-state index in [4.69, 9.17) is 29.9 Å². The Balaban J connectivity index is -0.0000000864. The second-order valence-corrected chi connectivity index (χ2v) is 5.16. The lowest BCUT2D eigenvalue weighted by Gasteiger charge is -2.20. The molecule has 0 aromatic carbocycles. The molecule has 0 saturated heterocycles. The molecule has 0 fully saturated rings. The highest BCUT2D eigenvalue weighted by Gasteiger charge is 2.04. The highest BCUT2D eigenvalue weighted by atomic mass is 16.5. The van der Waals surface area contributed by atoms with Crippen molar-refractivity contribution < 1.29 is 29.9 Å². The van der Waals surface area contributed by atoms with Crippen molar-refractivity contribution in [2.45, 2.75) is 65.8 Å². The molecule has 8 nitrogen and oxygen atoms in total. The zero-order valence-corrected chi connectivity index (χ0v) is 14.1. The summed E-state index contributed by atoms with van der Waals surface area (Å²) in [5.74, 6) is 0. The van der Waals surface area contributed by atoms with E-state index in [1.54, 1.807) is 0 Å². The van der Waals surface area contributed by atoms with Crippen molar-refractivity contribution in [3.05, 3.63) is 0 Å². The van der Waals surface area contributed by atoms with Gasteiger partial charge in [-0.05, 0) is 6.42 Å². The van der Waals surface area contributed by atoms with Gasteiger partial charge in [-0.15, -0.1) is 0 Å². The van der Waals surface area contributed by atoms with E-state index in [-0.39, 0.29) is 85.8 Å². The van der Waals surface area contributed by atoms with E-state index >= 15 is 0 Å². The molecule has 0 bridgehead atoms. The average molecular weight is 467 g/mol. The largest absolute Gasteiger partial charge is 0.395 e. The fourth-order valence-electron chi connectivity index (χ4n) is 2.09. The van der Waals surface area contributed by atoms with E-state index in [1.807, 2.05) is 9.80 Å². The Hall–Kier alpha value is -0.320. The zero-order valence-electron chi connectivity index (χ0n) is 14.1. The highest BCUT2D eigenvalue weighted by molar-refractivity contribution is 4.56. The van der Waals surface area contributed by atoms with Crippen LogP contribution in [0.5, 0.6) is 0 Å². The Kier molecular flexibility index (Phi) is 88.0. The molecule has 4 N–H and O–H groups in total. The van der Waals surface area contributed by atoms with Crippen LogP contribution in [0.1, 0.15) is 65.8 Å². The van der Waals surface area contributed by atoms with Crippen molar-refractivity contribution in [1.29, 1.82) is 0 Å².